The largest absolute Gasteiger partial charge is 0.337 e. The first kappa shape index (κ1) is 17.3. The molecular formula is C19H21N7O. The first-order valence-corrected chi connectivity index (χ1v) is 9.00. The minimum atomic E-state index is -0.0883. The Hall–Kier alpha value is -3.16. The first-order valence-electron chi connectivity index (χ1n) is 9.00. The van der Waals surface area contributed by atoms with Crippen molar-refractivity contribution in [2.45, 2.75) is 25.7 Å². The van der Waals surface area contributed by atoms with Crippen molar-refractivity contribution in [1.29, 1.82) is 0 Å². The van der Waals surface area contributed by atoms with E-state index in [1.807, 2.05) is 29.6 Å². The molecule has 27 heavy (non-hydrogen) atoms. The van der Waals surface area contributed by atoms with Crippen molar-refractivity contribution in [3.05, 3.63) is 54.4 Å². The highest BCUT2D eigenvalue weighted by Crippen LogP contribution is 2.32. The lowest BCUT2D eigenvalue weighted by atomic mass is 9.92. The summed E-state index contributed by atoms with van der Waals surface area (Å²) in [4.78, 5) is 36.3. The molecule has 3 aromatic rings. The van der Waals surface area contributed by atoms with Gasteiger partial charge in [0, 0.05) is 50.8 Å². The molecule has 0 spiro atoms. The standard InChI is InChI=1S/C19H21N7O/c1-13-24-11-16(25(13)2)18-17(22-7-8-23-18)14-4-3-9-26(12-14)19(27)15-10-20-5-6-21-15/h5-8,10-11,14H,3-4,9,12H2,1-2H3/t14-/m0/s1. The highest BCUT2D eigenvalue weighted by atomic mass is 16.2. The van der Waals surface area contributed by atoms with Crippen LogP contribution in [0.15, 0.2) is 37.2 Å². The maximum absolute atomic E-state index is 12.8. The first-order chi connectivity index (χ1) is 13.1. The van der Waals surface area contributed by atoms with Gasteiger partial charge in [0.15, 0.2) is 0 Å². The molecule has 1 saturated heterocycles. The molecule has 0 aliphatic carbocycles. The topological polar surface area (TPSA) is 89.7 Å². The number of likely N-dealkylation sites (tertiary alicyclic amines) is 1. The lowest BCUT2D eigenvalue weighted by Gasteiger charge is -2.32. The summed E-state index contributed by atoms with van der Waals surface area (Å²) in [6.07, 6.45) is 11.7. The van der Waals surface area contributed by atoms with E-state index in [0.29, 0.717) is 18.8 Å². The van der Waals surface area contributed by atoms with E-state index >= 15 is 0 Å². The van der Waals surface area contributed by atoms with Crippen LogP contribution in [0.2, 0.25) is 0 Å². The molecule has 0 radical (unpaired) electrons. The molecule has 4 heterocycles. The van der Waals surface area contributed by atoms with Gasteiger partial charge >= 0.3 is 0 Å². The normalized spacial score (nSPS) is 17.1. The lowest BCUT2D eigenvalue weighted by molar-refractivity contribution is 0.0699. The van der Waals surface area contributed by atoms with E-state index in [-0.39, 0.29) is 11.8 Å². The van der Waals surface area contributed by atoms with Gasteiger partial charge in [0.25, 0.3) is 5.91 Å². The fraction of sp³-hybridized carbons (Fsp3) is 0.368. The number of hydrogen-bond donors (Lipinski definition) is 0. The van der Waals surface area contributed by atoms with Crippen LogP contribution in [0.25, 0.3) is 11.4 Å². The van der Waals surface area contributed by atoms with Gasteiger partial charge in [-0.3, -0.25) is 19.7 Å². The van der Waals surface area contributed by atoms with Crippen LogP contribution in [0, 0.1) is 6.92 Å². The van der Waals surface area contributed by atoms with E-state index in [1.54, 1.807) is 24.8 Å². The highest BCUT2D eigenvalue weighted by Gasteiger charge is 2.29. The van der Waals surface area contributed by atoms with Gasteiger partial charge in [-0.1, -0.05) is 0 Å². The monoisotopic (exact) mass is 363 g/mol. The van der Waals surface area contributed by atoms with Crippen LogP contribution in [0.1, 0.15) is 40.8 Å². The number of nitrogens with zero attached hydrogens (tertiary/aromatic N) is 7. The number of rotatable bonds is 3. The summed E-state index contributed by atoms with van der Waals surface area (Å²) in [5, 5.41) is 0. The number of aryl methyl sites for hydroxylation is 1. The van der Waals surface area contributed by atoms with Gasteiger partial charge in [-0.25, -0.2) is 9.97 Å². The number of aromatic nitrogens is 6. The molecule has 8 heteroatoms. The van der Waals surface area contributed by atoms with Gasteiger partial charge in [0.05, 0.1) is 23.8 Å². The number of carbonyl (C=O) groups is 1. The molecule has 0 saturated carbocycles. The molecule has 1 aliphatic rings. The Labute approximate surface area is 157 Å². The smallest absolute Gasteiger partial charge is 0.274 e. The van der Waals surface area contributed by atoms with Gasteiger partial charge in [0.2, 0.25) is 0 Å². The van der Waals surface area contributed by atoms with Crippen molar-refractivity contribution >= 4 is 5.91 Å². The summed E-state index contributed by atoms with van der Waals surface area (Å²) in [5.74, 6) is 0.956. The number of amides is 1. The Balaban J connectivity index is 1.63. The molecule has 0 N–H and O–H groups in total. The summed E-state index contributed by atoms with van der Waals surface area (Å²) >= 11 is 0. The third-order valence-corrected chi connectivity index (χ3v) is 5.07. The number of piperidine rings is 1. The maximum Gasteiger partial charge on any atom is 0.274 e. The molecule has 8 nitrogen and oxygen atoms in total. The second kappa shape index (κ2) is 7.22. The number of hydrogen-bond acceptors (Lipinski definition) is 6. The summed E-state index contributed by atoms with van der Waals surface area (Å²) in [5.41, 5.74) is 3.06. The van der Waals surface area contributed by atoms with Crippen LogP contribution in [0.3, 0.4) is 0 Å². The van der Waals surface area contributed by atoms with E-state index in [4.69, 9.17) is 0 Å². The zero-order valence-corrected chi connectivity index (χ0v) is 15.4. The fourth-order valence-corrected chi connectivity index (χ4v) is 3.52. The summed E-state index contributed by atoms with van der Waals surface area (Å²) in [6.45, 7) is 3.27. The van der Waals surface area contributed by atoms with Gasteiger partial charge < -0.3 is 9.47 Å². The Bertz CT molecular complexity index is 954. The van der Waals surface area contributed by atoms with Crippen molar-refractivity contribution in [2.75, 3.05) is 13.1 Å². The molecule has 1 fully saturated rings. The van der Waals surface area contributed by atoms with Crippen molar-refractivity contribution in [2.24, 2.45) is 7.05 Å². The minimum Gasteiger partial charge on any atom is -0.337 e. The van der Waals surface area contributed by atoms with Crippen LogP contribution in [0.5, 0.6) is 0 Å². The van der Waals surface area contributed by atoms with Crippen LogP contribution in [-0.4, -0.2) is 53.4 Å². The second-order valence-electron chi connectivity index (χ2n) is 6.72. The molecule has 1 aliphatic heterocycles. The second-order valence-corrected chi connectivity index (χ2v) is 6.72. The van der Waals surface area contributed by atoms with Crippen molar-refractivity contribution in [1.82, 2.24) is 34.4 Å². The van der Waals surface area contributed by atoms with Gasteiger partial charge in [-0.05, 0) is 19.8 Å². The van der Waals surface area contributed by atoms with Gasteiger partial charge in [-0.2, -0.15) is 0 Å². The molecule has 0 unspecified atom stereocenters. The third kappa shape index (κ3) is 3.30. The molecule has 4 rings (SSSR count). The Morgan fingerprint density at radius 1 is 1.07 bits per heavy atom. The van der Waals surface area contributed by atoms with Crippen molar-refractivity contribution < 1.29 is 4.79 Å². The van der Waals surface area contributed by atoms with E-state index in [1.165, 1.54) is 6.20 Å². The van der Waals surface area contributed by atoms with E-state index < -0.39 is 0 Å². The van der Waals surface area contributed by atoms with Crippen LogP contribution in [0.4, 0.5) is 0 Å². The van der Waals surface area contributed by atoms with Crippen LogP contribution >= 0.6 is 0 Å². The molecule has 0 aromatic carbocycles. The Kier molecular flexibility index (Phi) is 4.62. The fourth-order valence-electron chi connectivity index (χ4n) is 3.52. The van der Waals surface area contributed by atoms with E-state index in [2.05, 4.69) is 24.9 Å². The molecule has 1 atom stereocenters. The quantitative estimate of drug-likeness (QED) is 0.707. The molecule has 3 aromatic heterocycles. The molecule has 0 bridgehead atoms. The maximum atomic E-state index is 12.8. The summed E-state index contributed by atoms with van der Waals surface area (Å²) in [7, 11) is 1.97. The molecular weight excluding hydrogens is 342 g/mol. The average molecular weight is 363 g/mol. The van der Waals surface area contributed by atoms with E-state index in [9.17, 15) is 4.79 Å². The van der Waals surface area contributed by atoms with Crippen LogP contribution < -0.4 is 0 Å². The SMILES string of the molecule is Cc1ncc(-c2nccnc2[C@H]2CCCN(C(=O)c3cnccn3)C2)n1C. The van der Waals surface area contributed by atoms with E-state index in [0.717, 1.165) is 35.7 Å². The minimum absolute atomic E-state index is 0.0883. The predicted molar refractivity (Wildman–Crippen MR) is 98.9 cm³/mol. The summed E-state index contributed by atoms with van der Waals surface area (Å²) in [6, 6.07) is 0. The zero-order valence-electron chi connectivity index (χ0n) is 15.4. The van der Waals surface area contributed by atoms with Crippen LogP contribution in [-0.2, 0) is 7.05 Å². The molecule has 1 amide bonds. The molecule has 138 valence electrons. The summed E-state index contributed by atoms with van der Waals surface area (Å²) < 4.78 is 2.01. The van der Waals surface area contributed by atoms with Crippen molar-refractivity contribution in [3.63, 3.8) is 0 Å². The lowest BCUT2D eigenvalue weighted by Crippen LogP contribution is -2.39. The van der Waals surface area contributed by atoms with Gasteiger partial charge in [0.1, 0.15) is 17.2 Å². The van der Waals surface area contributed by atoms with Gasteiger partial charge in [-0.15, -0.1) is 0 Å². The predicted octanol–water partition coefficient (Wildman–Crippen LogP) is 2.00. The third-order valence-electron chi connectivity index (χ3n) is 5.07. The number of carbonyl (C=O) groups excluding carboxylic acids is 1. The zero-order chi connectivity index (χ0) is 18.8. The number of imidazole rings is 1. The van der Waals surface area contributed by atoms with Crippen molar-refractivity contribution in [3.8, 4) is 11.4 Å². The average Bonchev–Trinajstić information content (AvgIpc) is 3.06. The Morgan fingerprint density at radius 3 is 2.63 bits per heavy atom. The Morgan fingerprint density at radius 2 is 1.89 bits per heavy atom. The highest BCUT2D eigenvalue weighted by molar-refractivity contribution is 5.92.